The van der Waals surface area contributed by atoms with Gasteiger partial charge in [-0.25, -0.2) is 4.39 Å². The minimum Gasteiger partial charge on any atom is -0.379 e. The summed E-state index contributed by atoms with van der Waals surface area (Å²) in [7, 11) is 1.84. The summed E-state index contributed by atoms with van der Waals surface area (Å²) in [6, 6.07) is 4.59. The van der Waals surface area contributed by atoms with Crippen LogP contribution >= 0.6 is 23.2 Å². The van der Waals surface area contributed by atoms with E-state index in [1.807, 2.05) is 14.0 Å². The Morgan fingerprint density at radius 2 is 2.11 bits per heavy atom. The van der Waals surface area contributed by atoms with Crippen LogP contribution in [0.5, 0.6) is 0 Å². The zero-order chi connectivity index (χ0) is 14.0. The number of hydrogen-bond acceptors (Lipinski definition) is 2. The molecular formula is C13H14Cl2FN3. The molecule has 0 aliphatic heterocycles. The number of hydrogen-bond donors (Lipinski definition) is 1. The van der Waals surface area contributed by atoms with Crippen LogP contribution < -0.4 is 5.32 Å². The van der Waals surface area contributed by atoms with Gasteiger partial charge in [-0.1, -0.05) is 30.1 Å². The van der Waals surface area contributed by atoms with Crippen LogP contribution in [0.3, 0.4) is 0 Å². The van der Waals surface area contributed by atoms with Crippen molar-refractivity contribution in [1.82, 2.24) is 9.78 Å². The van der Waals surface area contributed by atoms with Crippen molar-refractivity contribution in [3.63, 3.8) is 0 Å². The molecule has 1 aromatic heterocycles. The van der Waals surface area contributed by atoms with Crippen LogP contribution in [0.15, 0.2) is 18.2 Å². The third-order valence-corrected chi connectivity index (χ3v) is 3.63. The normalized spacial score (nSPS) is 10.8. The van der Waals surface area contributed by atoms with Gasteiger partial charge in [-0.15, -0.1) is 0 Å². The van der Waals surface area contributed by atoms with Gasteiger partial charge in [-0.2, -0.15) is 5.10 Å². The average Bonchev–Trinajstić information content (AvgIpc) is 2.66. The second-order valence-electron chi connectivity index (χ2n) is 4.17. The van der Waals surface area contributed by atoms with Crippen LogP contribution in [0.1, 0.15) is 18.3 Å². The number of rotatable bonds is 4. The van der Waals surface area contributed by atoms with Crippen LogP contribution in [-0.4, -0.2) is 9.78 Å². The third-order valence-electron chi connectivity index (χ3n) is 2.88. The van der Waals surface area contributed by atoms with Crippen molar-refractivity contribution in [3.8, 4) is 0 Å². The molecule has 19 heavy (non-hydrogen) atoms. The van der Waals surface area contributed by atoms with Gasteiger partial charge in [-0.05, 0) is 24.6 Å². The predicted molar refractivity (Wildman–Crippen MR) is 76.3 cm³/mol. The van der Waals surface area contributed by atoms with E-state index in [0.29, 0.717) is 17.3 Å². The molecule has 1 aromatic carbocycles. The van der Waals surface area contributed by atoms with E-state index in [0.717, 1.165) is 17.8 Å². The highest BCUT2D eigenvalue weighted by atomic mass is 35.5. The Bertz CT molecular complexity index is 596. The molecule has 0 fully saturated rings. The summed E-state index contributed by atoms with van der Waals surface area (Å²) < 4.78 is 15.0. The molecule has 0 bridgehead atoms. The fourth-order valence-corrected chi connectivity index (χ4v) is 2.28. The van der Waals surface area contributed by atoms with E-state index >= 15 is 0 Å². The SMILES string of the molecule is CCc1nn(C)c(CNc2ccc(Cl)c(F)c2)c1Cl. The largest absolute Gasteiger partial charge is 0.379 e. The Balaban J connectivity index is 2.14. The molecule has 1 heterocycles. The Morgan fingerprint density at radius 1 is 1.37 bits per heavy atom. The number of nitrogens with zero attached hydrogens (tertiary/aromatic N) is 2. The fraction of sp³-hybridized carbons (Fsp3) is 0.308. The average molecular weight is 302 g/mol. The predicted octanol–water partition coefficient (Wildman–Crippen LogP) is 4.04. The lowest BCUT2D eigenvalue weighted by atomic mass is 10.2. The van der Waals surface area contributed by atoms with Gasteiger partial charge < -0.3 is 5.32 Å². The van der Waals surface area contributed by atoms with Crippen molar-refractivity contribution in [2.24, 2.45) is 7.05 Å². The maximum Gasteiger partial charge on any atom is 0.143 e. The van der Waals surface area contributed by atoms with Gasteiger partial charge in [0.05, 0.1) is 28.0 Å². The molecule has 0 saturated carbocycles. The lowest BCUT2D eigenvalue weighted by molar-refractivity contribution is 0.628. The van der Waals surface area contributed by atoms with Crippen LogP contribution in [-0.2, 0) is 20.0 Å². The highest BCUT2D eigenvalue weighted by Gasteiger charge is 2.12. The van der Waals surface area contributed by atoms with Gasteiger partial charge >= 0.3 is 0 Å². The van der Waals surface area contributed by atoms with E-state index in [4.69, 9.17) is 23.2 Å². The van der Waals surface area contributed by atoms with E-state index in [2.05, 4.69) is 10.4 Å². The molecule has 102 valence electrons. The minimum absolute atomic E-state index is 0.109. The summed E-state index contributed by atoms with van der Waals surface area (Å²) in [5.74, 6) is -0.447. The van der Waals surface area contributed by atoms with E-state index in [1.54, 1.807) is 10.7 Å². The van der Waals surface area contributed by atoms with Crippen LogP contribution in [0.2, 0.25) is 10.0 Å². The molecule has 2 rings (SSSR count). The summed E-state index contributed by atoms with van der Waals surface area (Å²) in [5, 5.41) is 8.19. The lowest BCUT2D eigenvalue weighted by Crippen LogP contribution is -2.06. The molecule has 1 N–H and O–H groups in total. The number of anilines is 1. The second kappa shape index (κ2) is 5.80. The molecule has 6 heteroatoms. The quantitative estimate of drug-likeness (QED) is 0.923. The fourth-order valence-electron chi connectivity index (χ4n) is 1.80. The first-order chi connectivity index (χ1) is 9.02. The molecule has 0 atom stereocenters. The molecule has 3 nitrogen and oxygen atoms in total. The molecule has 0 unspecified atom stereocenters. The van der Waals surface area contributed by atoms with Crippen molar-refractivity contribution >= 4 is 28.9 Å². The summed E-state index contributed by atoms with van der Waals surface area (Å²) in [6.45, 7) is 2.48. The summed E-state index contributed by atoms with van der Waals surface area (Å²) >= 11 is 11.9. The van der Waals surface area contributed by atoms with Crippen molar-refractivity contribution < 1.29 is 4.39 Å². The molecule has 0 aliphatic carbocycles. The van der Waals surface area contributed by atoms with Crippen LogP contribution in [0.25, 0.3) is 0 Å². The van der Waals surface area contributed by atoms with Crippen LogP contribution in [0, 0.1) is 5.82 Å². The van der Waals surface area contributed by atoms with Gasteiger partial charge in [0, 0.05) is 12.7 Å². The molecular weight excluding hydrogens is 288 g/mol. The monoisotopic (exact) mass is 301 g/mol. The maximum atomic E-state index is 13.3. The zero-order valence-corrected chi connectivity index (χ0v) is 12.2. The molecule has 2 aromatic rings. The van der Waals surface area contributed by atoms with Gasteiger partial charge in [-0.3, -0.25) is 4.68 Å². The van der Waals surface area contributed by atoms with Crippen molar-refractivity contribution in [2.75, 3.05) is 5.32 Å². The minimum atomic E-state index is -0.447. The van der Waals surface area contributed by atoms with E-state index in [-0.39, 0.29) is 5.02 Å². The molecule has 0 saturated heterocycles. The Morgan fingerprint density at radius 3 is 2.68 bits per heavy atom. The standard InChI is InChI=1S/C13H14Cl2FN3/c1-3-11-13(15)12(19(2)18-11)7-17-8-4-5-9(14)10(16)6-8/h4-6,17H,3,7H2,1-2H3. The summed E-state index contributed by atoms with van der Waals surface area (Å²) in [5.41, 5.74) is 2.38. The lowest BCUT2D eigenvalue weighted by Gasteiger charge is -2.08. The Hall–Kier alpha value is -1.26. The smallest absolute Gasteiger partial charge is 0.143 e. The van der Waals surface area contributed by atoms with Crippen molar-refractivity contribution in [1.29, 1.82) is 0 Å². The number of aryl methyl sites for hydroxylation is 2. The molecule has 0 aliphatic rings. The number of benzene rings is 1. The van der Waals surface area contributed by atoms with Gasteiger partial charge in [0.25, 0.3) is 0 Å². The number of nitrogens with one attached hydrogen (secondary N) is 1. The summed E-state index contributed by atoms with van der Waals surface area (Å²) in [6.07, 6.45) is 0.780. The first-order valence-corrected chi connectivity index (χ1v) is 6.67. The van der Waals surface area contributed by atoms with E-state index in [9.17, 15) is 4.39 Å². The van der Waals surface area contributed by atoms with Gasteiger partial charge in [0.15, 0.2) is 0 Å². The van der Waals surface area contributed by atoms with Crippen molar-refractivity contribution in [2.45, 2.75) is 19.9 Å². The van der Waals surface area contributed by atoms with Crippen LogP contribution in [0.4, 0.5) is 10.1 Å². The van der Waals surface area contributed by atoms with Gasteiger partial charge in [0.1, 0.15) is 5.82 Å². The number of aromatic nitrogens is 2. The third kappa shape index (κ3) is 3.01. The highest BCUT2D eigenvalue weighted by Crippen LogP contribution is 2.23. The number of halogens is 3. The first kappa shape index (κ1) is 14.2. The van der Waals surface area contributed by atoms with Crippen molar-refractivity contribution in [3.05, 3.63) is 45.4 Å². The topological polar surface area (TPSA) is 29.9 Å². The Kier molecular flexibility index (Phi) is 4.32. The van der Waals surface area contributed by atoms with E-state index in [1.165, 1.54) is 12.1 Å². The molecule has 0 amide bonds. The Labute approximate surface area is 121 Å². The van der Waals surface area contributed by atoms with E-state index < -0.39 is 5.82 Å². The first-order valence-electron chi connectivity index (χ1n) is 5.92. The summed E-state index contributed by atoms with van der Waals surface area (Å²) in [4.78, 5) is 0. The molecule has 0 spiro atoms. The molecule has 0 radical (unpaired) electrons. The van der Waals surface area contributed by atoms with Gasteiger partial charge in [0.2, 0.25) is 0 Å². The highest BCUT2D eigenvalue weighted by molar-refractivity contribution is 6.32. The zero-order valence-electron chi connectivity index (χ0n) is 10.7. The second-order valence-corrected chi connectivity index (χ2v) is 4.95. The maximum absolute atomic E-state index is 13.3.